The van der Waals surface area contributed by atoms with Crippen LogP contribution in [-0.2, 0) is 5.41 Å². The number of hydrogen-bond donors (Lipinski definition) is 0. The van der Waals surface area contributed by atoms with Crippen molar-refractivity contribution in [1.29, 1.82) is 0 Å². The second kappa shape index (κ2) is 9.99. The van der Waals surface area contributed by atoms with E-state index in [4.69, 9.17) is 0 Å². The SMILES string of the molecule is Fc1ccc(C(c2c(F)c(F)c(F)c(F)c2F)(c2c(F)c(F)c(F)c(F)c2F)c2c(F)c(F)c(F)c(F)c2F)cc1. The lowest BCUT2D eigenvalue weighted by molar-refractivity contribution is 0.330. The van der Waals surface area contributed by atoms with E-state index < -0.39 is 121 Å². The van der Waals surface area contributed by atoms with Gasteiger partial charge in [0.15, 0.2) is 69.8 Å². The lowest BCUT2D eigenvalue weighted by Crippen LogP contribution is -2.40. The summed E-state index contributed by atoms with van der Waals surface area (Å²) >= 11 is 0. The summed E-state index contributed by atoms with van der Waals surface area (Å²) in [6, 6.07) is 0.329. The Hall–Kier alpha value is -4.24. The molecule has 0 aliphatic carbocycles. The molecule has 0 spiro atoms. The Kier molecular flexibility index (Phi) is 7.25. The van der Waals surface area contributed by atoms with Crippen LogP contribution in [0.25, 0.3) is 0 Å². The highest BCUT2D eigenvalue weighted by molar-refractivity contribution is 5.62. The Morgan fingerprint density at radius 1 is 0.268 bits per heavy atom. The van der Waals surface area contributed by atoms with Crippen molar-refractivity contribution in [2.45, 2.75) is 5.41 Å². The van der Waals surface area contributed by atoms with Gasteiger partial charge in [-0.15, -0.1) is 0 Å². The maximum absolute atomic E-state index is 15.3. The van der Waals surface area contributed by atoms with E-state index in [1.807, 2.05) is 0 Å². The minimum Gasteiger partial charge on any atom is -0.207 e. The first-order valence-corrected chi connectivity index (χ1v) is 10.3. The van der Waals surface area contributed by atoms with Crippen molar-refractivity contribution in [2.75, 3.05) is 0 Å². The van der Waals surface area contributed by atoms with Gasteiger partial charge in [-0.2, -0.15) is 0 Å². The molecule has 4 rings (SSSR count). The summed E-state index contributed by atoms with van der Waals surface area (Å²) in [5.74, 6) is -48.3. The molecule has 4 aromatic rings. The molecule has 0 nitrogen and oxygen atoms in total. The molecule has 0 aromatic heterocycles. The van der Waals surface area contributed by atoms with Crippen LogP contribution in [-0.4, -0.2) is 0 Å². The molecule has 0 saturated heterocycles. The Morgan fingerprint density at radius 2 is 0.463 bits per heavy atom. The molecular weight excluding hydrogens is 604 g/mol. The fourth-order valence-corrected chi connectivity index (χ4v) is 4.31. The minimum atomic E-state index is -4.83. The van der Waals surface area contributed by atoms with Crippen LogP contribution in [0, 0.1) is 93.1 Å². The number of benzene rings is 4. The van der Waals surface area contributed by atoms with Crippen LogP contribution in [0.4, 0.5) is 70.2 Å². The van der Waals surface area contributed by atoms with Crippen molar-refractivity contribution < 1.29 is 70.2 Å². The van der Waals surface area contributed by atoms with E-state index in [1.54, 1.807) is 0 Å². The van der Waals surface area contributed by atoms with Crippen LogP contribution >= 0.6 is 0 Å². The largest absolute Gasteiger partial charge is 0.207 e. The third kappa shape index (κ3) is 3.94. The van der Waals surface area contributed by atoms with Crippen LogP contribution in [0.5, 0.6) is 0 Å². The van der Waals surface area contributed by atoms with Gasteiger partial charge in [0.25, 0.3) is 0 Å². The van der Waals surface area contributed by atoms with Gasteiger partial charge in [0, 0.05) is 16.7 Å². The van der Waals surface area contributed by atoms with Crippen molar-refractivity contribution in [3.8, 4) is 0 Å². The first-order chi connectivity index (χ1) is 19.0. The molecule has 0 atom stereocenters. The van der Waals surface area contributed by atoms with Gasteiger partial charge in [0.2, 0.25) is 17.5 Å². The van der Waals surface area contributed by atoms with E-state index in [1.165, 1.54) is 0 Å². The summed E-state index contributed by atoms with van der Waals surface area (Å²) in [6.45, 7) is 0. The number of hydrogen-bond acceptors (Lipinski definition) is 0. The highest BCUT2D eigenvalue weighted by Crippen LogP contribution is 2.52. The number of halogens is 16. The van der Waals surface area contributed by atoms with E-state index in [-0.39, 0.29) is 24.3 Å². The van der Waals surface area contributed by atoms with Crippen molar-refractivity contribution in [2.24, 2.45) is 0 Å². The van der Waals surface area contributed by atoms with Crippen LogP contribution in [0.1, 0.15) is 22.3 Å². The second-order valence-electron chi connectivity index (χ2n) is 8.09. The average Bonchev–Trinajstić information content (AvgIpc) is 2.95. The van der Waals surface area contributed by atoms with Gasteiger partial charge in [0.05, 0.1) is 5.41 Å². The lowest BCUT2D eigenvalue weighted by Gasteiger charge is -2.37. The van der Waals surface area contributed by atoms with Gasteiger partial charge in [0.1, 0.15) is 5.82 Å². The smallest absolute Gasteiger partial charge is 0.200 e. The van der Waals surface area contributed by atoms with Gasteiger partial charge in [-0.25, -0.2) is 70.2 Å². The molecule has 0 radical (unpaired) electrons. The lowest BCUT2D eigenvalue weighted by atomic mass is 9.63. The fourth-order valence-electron chi connectivity index (χ4n) is 4.31. The Morgan fingerprint density at radius 3 is 0.683 bits per heavy atom. The quantitative estimate of drug-likeness (QED) is 0.0947. The molecule has 0 heterocycles. The Balaban J connectivity index is 2.55. The molecule has 0 amide bonds. The maximum Gasteiger partial charge on any atom is 0.200 e. The third-order valence-electron chi connectivity index (χ3n) is 6.03. The molecule has 0 unspecified atom stereocenters. The minimum absolute atomic E-state index is 0.0312. The van der Waals surface area contributed by atoms with Crippen LogP contribution in [0.2, 0.25) is 0 Å². The van der Waals surface area contributed by atoms with Crippen LogP contribution in [0.15, 0.2) is 24.3 Å². The fraction of sp³-hybridized carbons (Fsp3) is 0.0400. The normalized spacial score (nSPS) is 11.9. The van der Waals surface area contributed by atoms with E-state index in [0.29, 0.717) is 0 Å². The van der Waals surface area contributed by atoms with Crippen molar-refractivity contribution >= 4 is 0 Å². The monoisotopic (exact) mass is 608 g/mol. The predicted molar refractivity (Wildman–Crippen MR) is 104 cm³/mol. The highest BCUT2D eigenvalue weighted by Gasteiger charge is 2.54. The molecule has 4 aromatic carbocycles. The summed E-state index contributed by atoms with van der Waals surface area (Å²) in [5, 5.41) is 0. The first kappa shape index (κ1) is 29.7. The first-order valence-electron chi connectivity index (χ1n) is 10.3. The Labute approximate surface area is 216 Å². The molecular formula is C25H4F16. The highest BCUT2D eigenvalue weighted by atomic mass is 19.2. The van der Waals surface area contributed by atoms with Gasteiger partial charge >= 0.3 is 0 Å². The molecule has 41 heavy (non-hydrogen) atoms. The average molecular weight is 608 g/mol. The third-order valence-corrected chi connectivity index (χ3v) is 6.03. The summed E-state index contributed by atoms with van der Waals surface area (Å²) < 4.78 is 234. The zero-order valence-electron chi connectivity index (χ0n) is 18.9. The van der Waals surface area contributed by atoms with Gasteiger partial charge in [-0.05, 0) is 17.7 Å². The molecule has 0 fully saturated rings. The van der Waals surface area contributed by atoms with Gasteiger partial charge in [-0.3, -0.25) is 0 Å². The Bertz CT molecular complexity index is 1490. The molecule has 0 N–H and O–H groups in total. The molecule has 0 saturated carbocycles. The molecule has 0 bridgehead atoms. The van der Waals surface area contributed by atoms with Crippen molar-refractivity contribution in [3.05, 3.63) is 140 Å². The zero-order chi connectivity index (χ0) is 30.9. The van der Waals surface area contributed by atoms with E-state index in [0.717, 1.165) is 0 Å². The van der Waals surface area contributed by atoms with E-state index in [9.17, 15) is 43.9 Å². The summed E-state index contributed by atoms with van der Waals surface area (Å²) in [6.07, 6.45) is 0. The predicted octanol–water partition coefficient (Wildman–Crippen LogP) is 8.29. The van der Waals surface area contributed by atoms with Gasteiger partial charge < -0.3 is 0 Å². The molecule has 0 aliphatic rings. The van der Waals surface area contributed by atoms with Crippen molar-refractivity contribution in [3.63, 3.8) is 0 Å². The van der Waals surface area contributed by atoms with Crippen molar-refractivity contribution in [1.82, 2.24) is 0 Å². The standard InChI is InChI=1S/C25H4F16/c26-6-3-1-5(2-4-6)25(7-10(27)16(33)22(39)17(34)11(7)28,8-12(29)18(35)23(40)19(36)13(8)30)9-14(31)20(37)24(41)21(38)15(9)32/h1-4H. The topological polar surface area (TPSA) is 0 Å². The zero-order valence-corrected chi connectivity index (χ0v) is 18.9. The van der Waals surface area contributed by atoms with Gasteiger partial charge in [-0.1, -0.05) is 12.1 Å². The molecule has 16 heteroatoms. The maximum atomic E-state index is 15.3. The summed E-state index contributed by atoms with van der Waals surface area (Å²) in [7, 11) is 0. The molecule has 0 aliphatic heterocycles. The number of rotatable bonds is 4. The van der Waals surface area contributed by atoms with Crippen LogP contribution < -0.4 is 0 Å². The van der Waals surface area contributed by atoms with Crippen LogP contribution in [0.3, 0.4) is 0 Å². The molecule has 216 valence electrons. The van der Waals surface area contributed by atoms with E-state index >= 15 is 26.3 Å². The summed E-state index contributed by atoms with van der Waals surface area (Å²) in [5.41, 5.74) is -15.1. The second-order valence-corrected chi connectivity index (χ2v) is 8.09. The summed E-state index contributed by atoms with van der Waals surface area (Å²) in [4.78, 5) is 0. The van der Waals surface area contributed by atoms with E-state index in [2.05, 4.69) is 0 Å².